The average Bonchev–Trinajstić information content (AvgIpc) is 3.16. The molecule has 1 aliphatic heterocycles. The van der Waals surface area contributed by atoms with E-state index >= 15 is 0 Å². The van der Waals surface area contributed by atoms with Gasteiger partial charge in [0, 0.05) is 40.5 Å². The fourth-order valence-electron chi connectivity index (χ4n) is 3.43. The second-order valence-electron chi connectivity index (χ2n) is 7.27. The molecule has 0 bridgehead atoms. The number of nitrogens with zero attached hydrogens (tertiary/aromatic N) is 6. The minimum atomic E-state index is 0.516. The Labute approximate surface area is 176 Å². The maximum absolute atomic E-state index is 5.25. The van der Waals surface area contributed by atoms with Gasteiger partial charge in [-0.25, -0.2) is 4.98 Å². The van der Waals surface area contributed by atoms with Crippen molar-refractivity contribution in [3.05, 3.63) is 66.8 Å². The highest BCUT2D eigenvalue weighted by molar-refractivity contribution is 7.97. The molecule has 1 saturated carbocycles. The highest BCUT2D eigenvalue weighted by atomic mass is 32.2. The quantitative estimate of drug-likeness (QED) is 0.454. The van der Waals surface area contributed by atoms with E-state index in [1.165, 1.54) is 24.9 Å². The molecule has 0 spiro atoms. The van der Waals surface area contributed by atoms with Crippen LogP contribution in [0.5, 0.6) is 0 Å². The summed E-state index contributed by atoms with van der Waals surface area (Å²) in [7, 11) is 0. The molecular weight excluding hydrogens is 400 g/mol. The number of hydrogen-bond donors (Lipinski definition) is 2. The van der Waals surface area contributed by atoms with Gasteiger partial charge in [-0.15, -0.1) is 10.2 Å². The monoisotopic (exact) mass is 418 g/mol. The van der Waals surface area contributed by atoms with Crippen LogP contribution in [-0.2, 0) is 6.54 Å². The Balaban J connectivity index is 1.22. The van der Waals surface area contributed by atoms with Crippen LogP contribution in [0.3, 0.4) is 0 Å². The summed E-state index contributed by atoms with van der Waals surface area (Å²) in [5, 5.41) is 18.7. The van der Waals surface area contributed by atoms with Gasteiger partial charge in [0.15, 0.2) is 5.82 Å². The molecule has 6 rings (SSSR count). The van der Waals surface area contributed by atoms with E-state index in [0.29, 0.717) is 18.4 Å². The Morgan fingerprint density at radius 2 is 2.10 bits per heavy atom. The summed E-state index contributed by atoms with van der Waals surface area (Å²) in [6.07, 6.45) is 9.68. The summed E-state index contributed by atoms with van der Waals surface area (Å²) < 4.78 is 9.46. The summed E-state index contributed by atoms with van der Waals surface area (Å²) in [5.74, 6) is 3.85. The number of imidazole rings is 1. The largest absolute Gasteiger partial charge is 0.423 e. The number of nitrogens with one attached hydrogen (secondary N) is 2. The Hall–Kier alpha value is -3.53. The maximum Gasteiger partial charge on any atom is 0.247 e. The van der Waals surface area contributed by atoms with Gasteiger partial charge in [0.05, 0.1) is 12.7 Å². The van der Waals surface area contributed by atoms with Crippen molar-refractivity contribution in [2.24, 2.45) is 0 Å². The van der Waals surface area contributed by atoms with Crippen LogP contribution in [0.1, 0.15) is 30.3 Å². The lowest BCUT2D eigenvalue weighted by atomic mass is 10.2. The number of aromatic nitrogens is 6. The van der Waals surface area contributed by atoms with E-state index in [4.69, 9.17) is 4.42 Å². The van der Waals surface area contributed by atoms with Crippen LogP contribution in [0.15, 0.2) is 64.6 Å². The molecule has 0 amide bonds. The van der Waals surface area contributed by atoms with Crippen LogP contribution in [0.4, 0.5) is 5.82 Å². The van der Waals surface area contributed by atoms with Crippen molar-refractivity contribution in [1.82, 2.24) is 34.3 Å². The number of H-pyrrole nitrogens is 1. The van der Waals surface area contributed by atoms with Crippen LogP contribution < -0.4 is 5.32 Å². The minimum Gasteiger partial charge on any atom is -0.423 e. The summed E-state index contributed by atoms with van der Waals surface area (Å²) in [6, 6.07) is 10.1. The second-order valence-corrected chi connectivity index (χ2v) is 8.39. The zero-order valence-corrected chi connectivity index (χ0v) is 16.7. The molecule has 4 heterocycles. The molecule has 0 radical (unpaired) electrons. The maximum atomic E-state index is 5.25. The van der Waals surface area contributed by atoms with Crippen LogP contribution in [0, 0.1) is 0 Å². The second kappa shape index (κ2) is 7.06. The van der Waals surface area contributed by atoms with E-state index in [9.17, 15) is 0 Å². The van der Waals surface area contributed by atoms with E-state index in [0.717, 1.165) is 27.9 Å². The van der Waals surface area contributed by atoms with Gasteiger partial charge in [0.1, 0.15) is 11.6 Å². The molecule has 3 aromatic heterocycles. The fourth-order valence-corrected chi connectivity index (χ4v) is 4.29. The molecule has 4 aromatic rings. The molecular formula is C20H18N8OS. The lowest BCUT2D eigenvalue weighted by Crippen LogP contribution is -2.23. The van der Waals surface area contributed by atoms with Gasteiger partial charge >= 0.3 is 0 Å². The summed E-state index contributed by atoms with van der Waals surface area (Å²) in [4.78, 5) is 5.60. The highest BCUT2D eigenvalue weighted by Gasteiger charge is 2.26. The number of hydrogen-bond acceptors (Lipinski definition) is 8. The summed E-state index contributed by atoms with van der Waals surface area (Å²) in [5.41, 5.74) is 2.10. The molecule has 1 aliphatic carbocycles. The first kappa shape index (κ1) is 17.3. The van der Waals surface area contributed by atoms with Crippen molar-refractivity contribution in [3.8, 4) is 11.5 Å². The molecule has 9 nitrogen and oxygen atoms in total. The number of rotatable bonds is 6. The standard InChI is InChI=1S/C20H18N8OS/c1-2-13(1)16-9-17(25-24-16)23-19-11-27(10-18-21-7-8-28(18)19)30-15-5-3-14(4-6-15)20-26-22-12-29-20/h3-9,11-13H,1-2,10H2,(H2,23,24,25). The van der Waals surface area contributed by atoms with E-state index in [2.05, 4.69) is 51.8 Å². The first-order valence-corrected chi connectivity index (χ1v) is 10.5. The zero-order valence-electron chi connectivity index (χ0n) is 15.9. The molecule has 2 N–H and O–H groups in total. The minimum absolute atomic E-state index is 0.516. The molecule has 0 saturated heterocycles. The lowest BCUT2D eigenvalue weighted by Gasteiger charge is -2.26. The highest BCUT2D eigenvalue weighted by Crippen LogP contribution is 2.39. The van der Waals surface area contributed by atoms with Gasteiger partial charge in [-0.05, 0) is 49.1 Å². The van der Waals surface area contributed by atoms with Gasteiger partial charge in [0.25, 0.3) is 0 Å². The van der Waals surface area contributed by atoms with Crippen LogP contribution in [-0.4, -0.2) is 34.3 Å². The average molecular weight is 418 g/mol. The Morgan fingerprint density at radius 3 is 2.90 bits per heavy atom. The lowest BCUT2D eigenvalue weighted by molar-refractivity contribution is 0.562. The molecule has 0 unspecified atom stereocenters. The van der Waals surface area contributed by atoms with Crippen molar-refractivity contribution in [2.75, 3.05) is 5.32 Å². The van der Waals surface area contributed by atoms with Crippen LogP contribution in [0.2, 0.25) is 0 Å². The van der Waals surface area contributed by atoms with E-state index in [-0.39, 0.29) is 0 Å². The third-order valence-corrected chi connectivity index (χ3v) is 6.05. The SMILES string of the molecule is C1=C(Nc2cc(C3CC3)[nH]n2)n2ccnc2CN1Sc1ccc(-c2nnco2)cc1. The van der Waals surface area contributed by atoms with Crippen molar-refractivity contribution in [3.63, 3.8) is 0 Å². The Bertz CT molecular complexity index is 1190. The third-order valence-electron chi connectivity index (χ3n) is 5.10. The first-order valence-electron chi connectivity index (χ1n) is 9.70. The Kier molecular flexibility index (Phi) is 4.08. The number of anilines is 1. The van der Waals surface area contributed by atoms with E-state index in [1.807, 2.05) is 36.7 Å². The number of fused-ring (bicyclic) bond motifs is 1. The van der Waals surface area contributed by atoms with E-state index < -0.39 is 0 Å². The predicted molar refractivity (Wildman–Crippen MR) is 112 cm³/mol. The summed E-state index contributed by atoms with van der Waals surface area (Å²) in [6.45, 7) is 0.697. The first-order chi connectivity index (χ1) is 14.8. The zero-order chi connectivity index (χ0) is 19.9. The van der Waals surface area contributed by atoms with Crippen LogP contribution >= 0.6 is 11.9 Å². The van der Waals surface area contributed by atoms with Crippen molar-refractivity contribution in [1.29, 1.82) is 0 Å². The van der Waals surface area contributed by atoms with Gasteiger partial charge in [-0.1, -0.05) is 0 Å². The third kappa shape index (κ3) is 3.35. The fraction of sp³-hybridized carbons (Fsp3) is 0.200. The van der Waals surface area contributed by atoms with Gasteiger partial charge in [0.2, 0.25) is 12.3 Å². The Morgan fingerprint density at radius 1 is 1.20 bits per heavy atom. The molecule has 0 atom stereocenters. The number of aromatic amines is 1. The van der Waals surface area contributed by atoms with Crippen LogP contribution in [0.25, 0.3) is 17.3 Å². The van der Waals surface area contributed by atoms with Crippen molar-refractivity contribution < 1.29 is 4.42 Å². The molecule has 1 fully saturated rings. The smallest absolute Gasteiger partial charge is 0.247 e. The van der Waals surface area contributed by atoms with Crippen molar-refractivity contribution in [2.45, 2.75) is 30.2 Å². The van der Waals surface area contributed by atoms with Gasteiger partial charge in [-0.2, -0.15) is 5.10 Å². The normalized spacial score (nSPS) is 15.7. The predicted octanol–water partition coefficient (Wildman–Crippen LogP) is 3.92. The summed E-state index contributed by atoms with van der Waals surface area (Å²) >= 11 is 1.64. The topological polar surface area (TPSA) is 101 Å². The molecule has 1 aromatic carbocycles. The molecule has 150 valence electrons. The van der Waals surface area contributed by atoms with E-state index in [1.54, 1.807) is 11.9 Å². The van der Waals surface area contributed by atoms with Gasteiger partial charge < -0.3 is 14.0 Å². The van der Waals surface area contributed by atoms with Gasteiger partial charge in [-0.3, -0.25) is 9.67 Å². The van der Waals surface area contributed by atoms with Crippen molar-refractivity contribution >= 4 is 23.6 Å². The number of benzene rings is 1. The molecule has 10 heteroatoms. The molecule has 30 heavy (non-hydrogen) atoms. The molecule has 2 aliphatic rings.